The monoisotopic (exact) mass is 244 g/mol. The number of aromatic nitrogens is 2. The van der Waals surface area contributed by atoms with Gasteiger partial charge in [0.15, 0.2) is 0 Å². The van der Waals surface area contributed by atoms with Crippen LogP contribution in [0.25, 0.3) is 5.69 Å². The van der Waals surface area contributed by atoms with E-state index in [0.717, 1.165) is 18.5 Å². The highest BCUT2D eigenvalue weighted by Crippen LogP contribution is 2.40. The number of nitro groups is 1. The molecule has 0 aliphatic heterocycles. The van der Waals surface area contributed by atoms with Gasteiger partial charge in [-0.3, -0.25) is 10.1 Å². The first kappa shape index (κ1) is 10.8. The van der Waals surface area contributed by atoms with Crippen LogP contribution in [0.15, 0.2) is 30.3 Å². The molecule has 2 N–H and O–H groups in total. The first-order chi connectivity index (χ1) is 8.65. The Kier molecular flexibility index (Phi) is 2.29. The van der Waals surface area contributed by atoms with Gasteiger partial charge in [-0.05, 0) is 18.9 Å². The molecule has 0 amide bonds. The summed E-state index contributed by atoms with van der Waals surface area (Å²) in [7, 11) is 0. The molecule has 1 aromatic heterocycles. The Morgan fingerprint density at radius 1 is 1.39 bits per heavy atom. The third-order valence-electron chi connectivity index (χ3n) is 3.04. The summed E-state index contributed by atoms with van der Waals surface area (Å²) in [4.78, 5) is 10.3. The normalized spacial score (nSPS) is 14.7. The van der Waals surface area contributed by atoms with Gasteiger partial charge in [-0.25, -0.2) is 4.68 Å². The maximum atomic E-state index is 10.7. The van der Waals surface area contributed by atoms with E-state index in [1.807, 2.05) is 6.07 Å². The van der Waals surface area contributed by atoms with Crippen LogP contribution in [0.4, 0.5) is 11.5 Å². The summed E-state index contributed by atoms with van der Waals surface area (Å²) in [6.45, 7) is 0. The highest BCUT2D eigenvalue weighted by Gasteiger charge is 2.27. The van der Waals surface area contributed by atoms with E-state index in [1.54, 1.807) is 16.8 Å². The Labute approximate surface area is 103 Å². The lowest BCUT2D eigenvalue weighted by Crippen LogP contribution is -2.02. The van der Waals surface area contributed by atoms with E-state index >= 15 is 0 Å². The number of anilines is 1. The van der Waals surface area contributed by atoms with E-state index in [4.69, 9.17) is 5.73 Å². The van der Waals surface area contributed by atoms with Crippen molar-refractivity contribution in [1.29, 1.82) is 0 Å². The van der Waals surface area contributed by atoms with Crippen molar-refractivity contribution in [1.82, 2.24) is 9.78 Å². The lowest BCUT2D eigenvalue weighted by molar-refractivity contribution is -0.384. The molecule has 6 nitrogen and oxygen atoms in total. The number of rotatable bonds is 3. The molecule has 18 heavy (non-hydrogen) atoms. The van der Waals surface area contributed by atoms with Gasteiger partial charge in [0.25, 0.3) is 5.69 Å². The molecule has 0 radical (unpaired) electrons. The molecule has 0 spiro atoms. The minimum Gasteiger partial charge on any atom is -0.384 e. The molecule has 6 heteroatoms. The van der Waals surface area contributed by atoms with Crippen LogP contribution in [0, 0.1) is 10.1 Å². The number of hydrogen-bond acceptors (Lipinski definition) is 4. The molecule has 2 aromatic rings. The molecule has 1 heterocycles. The van der Waals surface area contributed by atoms with Crippen LogP contribution in [0.5, 0.6) is 0 Å². The van der Waals surface area contributed by atoms with Gasteiger partial charge in [0.1, 0.15) is 5.82 Å². The summed E-state index contributed by atoms with van der Waals surface area (Å²) in [5.41, 5.74) is 7.52. The summed E-state index contributed by atoms with van der Waals surface area (Å²) >= 11 is 0. The maximum Gasteiger partial charge on any atom is 0.271 e. The van der Waals surface area contributed by atoms with Gasteiger partial charge in [-0.15, -0.1) is 0 Å². The molecule has 1 aliphatic carbocycles. The van der Waals surface area contributed by atoms with E-state index in [9.17, 15) is 10.1 Å². The quantitative estimate of drug-likeness (QED) is 0.662. The zero-order chi connectivity index (χ0) is 12.7. The van der Waals surface area contributed by atoms with Gasteiger partial charge < -0.3 is 5.73 Å². The topological polar surface area (TPSA) is 87.0 Å². The average Bonchev–Trinajstić information content (AvgIpc) is 3.13. The number of nitrogen functional groups attached to an aromatic ring is 1. The number of hydrogen-bond donors (Lipinski definition) is 1. The number of nitro benzene ring substituents is 1. The molecule has 3 rings (SSSR count). The molecular formula is C12H12N4O2. The molecular weight excluding hydrogens is 232 g/mol. The smallest absolute Gasteiger partial charge is 0.271 e. The molecule has 1 fully saturated rings. The SMILES string of the molecule is Nc1cc(C2CC2)nn1-c1cccc([N+](=O)[O-])c1. The number of nitrogens with zero attached hydrogens (tertiary/aromatic N) is 3. The Hall–Kier alpha value is -2.37. The zero-order valence-corrected chi connectivity index (χ0v) is 9.61. The van der Waals surface area contributed by atoms with E-state index in [-0.39, 0.29) is 5.69 Å². The summed E-state index contributed by atoms with van der Waals surface area (Å²) in [5, 5.41) is 15.1. The summed E-state index contributed by atoms with van der Waals surface area (Å²) in [5.74, 6) is 1.02. The van der Waals surface area contributed by atoms with Crippen LogP contribution in [-0.4, -0.2) is 14.7 Å². The Morgan fingerprint density at radius 3 is 2.83 bits per heavy atom. The first-order valence-electron chi connectivity index (χ1n) is 5.75. The fraction of sp³-hybridized carbons (Fsp3) is 0.250. The summed E-state index contributed by atoms with van der Waals surface area (Å²) < 4.78 is 1.56. The third kappa shape index (κ3) is 1.81. The predicted octanol–water partition coefficient (Wildman–Crippen LogP) is 2.24. The second-order valence-corrected chi connectivity index (χ2v) is 4.46. The average molecular weight is 244 g/mol. The predicted molar refractivity (Wildman–Crippen MR) is 66.6 cm³/mol. The molecule has 1 saturated carbocycles. The molecule has 0 unspecified atom stereocenters. The van der Waals surface area contributed by atoms with Crippen molar-refractivity contribution in [3.63, 3.8) is 0 Å². The van der Waals surface area contributed by atoms with Crippen LogP contribution in [-0.2, 0) is 0 Å². The highest BCUT2D eigenvalue weighted by atomic mass is 16.6. The van der Waals surface area contributed by atoms with Crippen molar-refractivity contribution in [2.24, 2.45) is 0 Å². The molecule has 0 saturated heterocycles. The lowest BCUT2D eigenvalue weighted by atomic mass is 10.3. The fourth-order valence-electron chi connectivity index (χ4n) is 1.94. The zero-order valence-electron chi connectivity index (χ0n) is 9.61. The van der Waals surface area contributed by atoms with Crippen molar-refractivity contribution < 1.29 is 4.92 Å². The van der Waals surface area contributed by atoms with Gasteiger partial charge in [-0.2, -0.15) is 5.10 Å². The van der Waals surface area contributed by atoms with Crippen molar-refractivity contribution in [2.75, 3.05) is 5.73 Å². The Bertz CT molecular complexity index is 616. The third-order valence-corrected chi connectivity index (χ3v) is 3.04. The van der Waals surface area contributed by atoms with Gasteiger partial charge in [0.2, 0.25) is 0 Å². The van der Waals surface area contributed by atoms with E-state index < -0.39 is 4.92 Å². The number of non-ortho nitro benzene ring substituents is 1. The standard InChI is InChI=1S/C12H12N4O2/c13-12-7-11(8-4-5-8)14-15(12)9-2-1-3-10(6-9)16(17)18/h1-3,6-8H,4-5,13H2. The molecule has 1 aromatic carbocycles. The summed E-state index contributed by atoms with van der Waals surface area (Å²) in [6.07, 6.45) is 2.29. The number of benzene rings is 1. The van der Waals surface area contributed by atoms with Gasteiger partial charge in [0, 0.05) is 24.1 Å². The molecule has 1 aliphatic rings. The van der Waals surface area contributed by atoms with Crippen LogP contribution >= 0.6 is 0 Å². The Morgan fingerprint density at radius 2 is 2.17 bits per heavy atom. The van der Waals surface area contributed by atoms with Crippen LogP contribution in [0.2, 0.25) is 0 Å². The van der Waals surface area contributed by atoms with Gasteiger partial charge in [0.05, 0.1) is 16.3 Å². The second kappa shape index (κ2) is 3.83. The highest BCUT2D eigenvalue weighted by molar-refractivity contribution is 5.48. The van der Waals surface area contributed by atoms with Crippen molar-refractivity contribution in [2.45, 2.75) is 18.8 Å². The van der Waals surface area contributed by atoms with Crippen molar-refractivity contribution >= 4 is 11.5 Å². The van der Waals surface area contributed by atoms with Crippen LogP contribution in [0.3, 0.4) is 0 Å². The van der Waals surface area contributed by atoms with Crippen molar-refractivity contribution in [3.8, 4) is 5.69 Å². The minimum atomic E-state index is -0.426. The lowest BCUT2D eigenvalue weighted by Gasteiger charge is -2.03. The summed E-state index contributed by atoms with van der Waals surface area (Å²) in [6, 6.07) is 8.15. The van der Waals surface area contributed by atoms with Crippen molar-refractivity contribution in [3.05, 3.63) is 46.1 Å². The van der Waals surface area contributed by atoms with Crippen LogP contribution < -0.4 is 5.73 Å². The molecule has 0 atom stereocenters. The molecule has 92 valence electrons. The van der Waals surface area contributed by atoms with E-state index in [2.05, 4.69) is 5.10 Å². The van der Waals surface area contributed by atoms with Crippen LogP contribution in [0.1, 0.15) is 24.5 Å². The second-order valence-electron chi connectivity index (χ2n) is 4.46. The number of nitrogens with two attached hydrogens (primary N) is 1. The molecule has 0 bridgehead atoms. The maximum absolute atomic E-state index is 10.7. The fourth-order valence-corrected chi connectivity index (χ4v) is 1.94. The Balaban J connectivity index is 2.03. The van der Waals surface area contributed by atoms with Gasteiger partial charge >= 0.3 is 0 Å². The minimum absolute atomic E-state index is 0.0374. The van der Waals surface area contributed by atoms with Gasteiger partial charge in [-0.1, -0.05) is 6.07 Å². The van der Waals surface area contributed by atoms with E-state index in [0.29, 0.717) is 17.4 Å². The first-order valence-corrected chi connectivity index (χ1v) is 5.75. The van der Waals surface area contributed by atoms with E-state index in [1.165, 1.54) is 12.1 Å². The largest absolute Gasteiger partial charge is 0.384 e.